The summed E-state index contributed by atoms with van der Waals surface area (Å²) in [6.07, 6.45) is 5.47. The Morgan fingerprint density at radius 3 is 2.81 bits per heavy atom. The van der Waals surface area contributed by atoms with Crippen LogP contribution in [0.2, 0.25) is 0 Å². The van der Waals surface area contributed by atoms with Crippen LogP contribution in [0.1, 0.15) is 24.2 Å². The Bertz CT molecular complexity index is 771. The van der Waals surface area contributed by atoms with Crippen molar-refractivity contribution in [2.45, 2.75) is 26.8 Å². The van der Waals surface area contributed by atoms with Gasteiger partial charge >= 0.3 is 0 Å². The number of nitrogens with one attached hydrogen (secondary N) is 1. The van der Waals surface area contributed by atoms with E-state index in [4.69, 9.17) is 0 Å². The molecule has 0 saturated heterocycles. The van der Waals surface area contributed by atoms with E-state index in [1.165, 1.54) is 0 Å². The summed E-state index contributed by atoms with van der Waals surface area (Å²) >= 11 is 0. The van der Waals surface area contributed by atoms with Crippen molar-refractivity contribution < 1.29 is 0 Å². The lowest BCUT2D eigenvalue weighted by molar-refractivity contribution is 0.512. The van der Waals surface area contributed by atoms with E-state index >= 15 is 0 Å². The molecule has 1 atom stereocenters. The second-order valence-electron chi connectivity index (χ2n) is 5.36. The summed E-state index contributed by atoms with van der Waals surface area (Å²) in [6.45, 7) is 6.86. The number of fused-ring (bicyclic) bond motifs is 1. The average molecular weight is 285 g/mol. The maximum Gasteiger partial charge on any atom is 0.163 e. The molecule has 7 heteroatoms. The molecule has 0 amide bonds. The van der Waals surface area contributed by atoms with Gasteiger partial charge in [0.05, 0.1) is 23.3 Å². The van der Waals surface area contributed by atoms with Gasteiger partial charge in [-0.15, -0.1) is 0 Å². The first kappa shape index (κ1) is 13.5. The summed E-state index contributed by atoms with van der Waals surface area (Å²) < 4.78 is 3.73. The van der Waals surface area contributed by atoms with Crippen LogP contribution >= 0.6 is 0 Å². The number of hydrogen-bond acceptors (Lipinski definition) is 5. The molecule has 0 unspecified atom stereocenters. The second kappa shape index (κ2) is 5.16. The van der Waals surface area contributed by atoms with Gasteiger partial charge in [-0.05, 0) is 26.3 Å². The largest absolute Gasteiger partial charge is 0.367 e. The van der Waals surface area contributed by atoms with Crippen LogP contribution in [0.3, 0.4) is 0 Å². The van der Waals surface area contributed by atoms with Crippen LogP contribution < -0.4 is 5.32 Å². The topological polar surface area (TPSA) is 73.5 Å². The highest BCUT2D eigenvalue weighted by atomic mass is 15.3. The first-order valence-electron chi connectivity index (χ1n) is 6.95. The molecule has 21 heavy (non-hydrogen) atoms. The Morgan fingerprint density at radius 1 is 1.29 bits per heavy atom. The van der Waals surface area contributed by atoms with Crippen LogP contribution in [0.4, 0.5) is 5.82 Å². The number of anilines is 1. The Kier molecular flexibility index (Phi) is 3.32. The molecule has 0 fully saturated rings. The van der Waals surface area contributed by atoms with Crippen molar-refractivity contribution in [3.05, 3.63) is 30.0 Å². The lowest BCUT2D eigenvalue weighted by atomic mass is 10.3. The zero-order valence-corrected chi connectivity index (χ0v) is 12.7. The molecular weight excluding hydrogens is 266 g/mol. The van der Waals surface area contributed by atoms with Crippen molar-refractivity contribution in [2.24, 2.45) is 7.05 Å². The van der Waals surface area contributed by atoms with Gasteiger partial charge in [0.15, 0.2) is 5.65 Å². The van der Waals surface area contributed by atoms with E-state index in [2.05, 4.69) is 32.4 Å². The minimum Gasteiger partial charge on any atom is -0.367 e. The summed E-state index contributed by atoms with van der Waals surface area (Å²) in [6, 6.07) is 0.237. The Morgan fingerprint density at radius 2 is 2.10 bits per heavy atom. The summed E-state index contributed by atoms with van der Waals surface area (Å²) in [5.74, 6) is 0.821. The molecule has 0 saturated carbocycles. The fraction of sp³-hybridized carbons (Fsp3) is 0.429. The molecule has 110 valence electrons. The zero-order chi connectivity index (χ0) is 15.0. The zero-order valence-electron chi connectivity index (χ0n) is 12.7. The third-order valence-corrected chi connectivity index (χ3v) is 3.54. The van der Waals surface area contributed by atoms with Crippen LogP contribution in [-0.4, -0.2) is 36.1 Å². The second-order valence-corrected chi connectivity index (χ2v) is 5.36. The Balaban J connectivity index is 1.82. The molecule has 3 aromatic rings. The summed E-state index contributed by atoms with van der Waals surface area (Å²) in [5, 5.41) is 13.1. The summed E-state index contributed by atoms with van der Waals surface area (Å²) in [5.41, 5.74) is 2.93. The average Bonchev–Trinajstić information content (AvgIpc) is 3.01. The molecule has 0 aromatic carbocycles. The van der Waals surface area contributed by atoms with Crippen LogP contribution in [0.5, 0.6) is 0 Å². The third kappa shape index (κ3) is 2.46. The smallest absolute Gasteiger partial charge is 0.163 e. The van der Waals surface area contributed by atoms with Gasteiger partial charge in [-0.3, -0.25) is 9.36 Å². The number of hydrogen-bond donors (Lipinski definition) is 1. The van der Waals surface area contributed by atoms with Gasteiger partial charge in [-0.1, -0.05) is 0 Å². The number of nitrogens with zero attached hydrogens (tertiary/aromatic N) is 6. The fourth-order valence-corrected chi connectivity index (χ4v) is 2.42. The SMILES string of the molecule is Cc1cnn([C@@H](C)CNc2ncnc3c2c(C)nn3C)c1. The Hall–Kier alpha value is -2.44. The molecule has 7 nitrogen and oxygen atoms in total. The Labute approximate surface area is 123 Å². The van der Waals surface area contributed by atoms with Crippen molar-refractivity contribution in [1.29, 1.82) is 0 Å². The van der Waals surface area contributed by atoms with Crippen LogP contribution in [0.25, 0.3) is 11.0 Å². The number of aromatic nitrogens is 6. The van der Waals surface area contributed by atoms with Crippen molar-refractivity contribution in [2.75, 3.05) is 11.9 Å². The molecule has 3 rings (SSSR count). The molecule has 1 N–H and O–H groups in total. The molecular formula is C14H19N7. The molecule has 0 radical (unpaired) electrons. The number of rotatable bonds is 4. The van der Waals surface area contributed by atoms with Gasteiger partial charge in [0, 0.05) is 19.8 Å². The lowest BCUT2D eigenvalue weighted by Gasteiger charge is -2.14. The van der Waals surface area contributed by atoms with Crippen LogP contribution in [0.15, 0.2) is 18.7 Å². The molecule has 0 aliphatic rings. The predicted molar refractivity (Wildman–Crippen MR) is 81.2 cm³/mol. The van der Waals surface area contributed by atoms with Gasteiger partial charge in [-0.2, -0.15) is 10.2 Å². The minimum absolute atomic E-state index is 0.237. The summed E-state index contributed by atoms with van der Waals surface area (Å²) in [4.78, 5) is 8.63. The van der Waals surface area contributed by atoms with Gasteiger partial charge in [-0.25, -0.2) is 9.97 Å². The monoisotopic (exact) mass is 285 g/mol. The maximum atomic E-state index is 4.40. The first-order chi connectivity index (χ1) is 10.1. The van der Waals surface area contributed by atoms with E-state index in [0.717, 1.165) is 34.7 Å². The summed E-state index contributed by atoms with van der Waals surface area (Å²) in [7, 11) is 1.89. The molecule has 0 aliphatic carbocycles. The van der Waals surface area contributed by atoms with Crippen molar-refractivity contribution in [3.63, 3.8) is 0 Å². The van der Waals surface area contributed by atoms with Crippen molar-refractivity contribution in [1.82, 2.24) is 29.5 Å². The molecule has 0 aliphatic heterocycles. The van der Waals surface area contributed by atoms with E-state index < -0.39 is 0 Å². The highest BCUT2D eigenvalue weighted by Gasteiger charge is 2.13. The quantitative estimate of drug-likeness (QED) is 0.792. The van der Waals surface area contributed by atoms with Crippen LogP contribution in [-0.2, 0) is 7.05 Å². The van der Waals surface area contributed by atoms with Gasteiger partial charge < -0.3 is 5.32 Å². The van der Waals surface area contributed by atoms with Gasteiger partial charge in [0.1, 0.15) is 12.1 Å². The molecule has 0 spiro atoms. The van der Waals surface area contributed by atoms with E-state index in [1.54, 1.807) is 11.0 Å². The fourth-order valence-electron chi connectivity index (χ4n) is 2.42. The molecule has 3 aromatic heterocycles. The molecule has 3 heterocycles. The van der Waals surface area contributed by atoms with E-state index in [9.17, 15) is 0 Å². The van der Waals surface area contributed by atoms with E-state index in [1.807, 2.05) is 38.0 Å². The van der Waals surface area contributed by atoms with E-state index in [-0.39, 0.29) is 6.04 Å². The van der Waals surface area contributed by atoms with E-state index in [0.29, 0.717) is 0 Å². The third-order valence-electron chi connectivity index (χ3n) is 3.54. The van der Waals surface area contributed by atoms with Crippen molar-refractivity contribution >= 4 is 16.9 Å². The minimum atomic E-state index is 0.237. The van der Waals surface area contributed by atoms with Gasteiger partial charge in [0.25, 0.3) is 0 Å². The molecule has 0 bridgehead atoms. The van der Waals surface area contributed by atoms with Crippen molar-refractivity contribution in [3.8, 4) is 0 Å². The number of aryl methyl sites for hydroxylation is 3. The highest BCUT2D eigenvalue weighted by Crippen LogP contribution is 2.22. The highest BCUT2D eigenvalue weighted by molar-refractivity contribution is 5.89. The van der Waals surface area contributed by atoms with Crippen LogP contribution in [0, 0.1) is 13.8 Å². The lowest BCUT2D eigenvalue weighted by Crippen LogP contribution is -2.17. The first-order valence-corrected chi connectivity index (χ1v) is 6.95. The standard InChI is InChI=1S/C14H19N7/c1-9-5-18-21(7-9)10(2)6-15-13-12-11(3)19-20(4)14(12)17-8-16-13/h5,7-8,10H,6H2,1-4H3,(H,15,16,17)/t10-/m0/s1. The maximum absolute atomic E-state index is 4.40. The predicted octanol–water partition coefficient (Wildman–Crippen LogP) is 1.85. The van der Waals surface area contributed by atoms with Gasteiger partial charge in [0.2, 0.25) is 0 Å². The normalized spacial score (nSPS) is 12.8.